The SMILES string of the molecule is Cc1cc(Cl)cc(C)c1C1=C(O)C2(CCN(O)CC2)N(O)C1O. The van der Waals surface area contributed by atoms with Crippen LogP contribution in [0.2, 0.25) is 5.02 Å². The second kappa shape index (κ2) is 5.73. The molecule has 0 radical (unpaired) electrons. The van der Waals surface area contributed by atoms with Gasteiger partial charge in [-0.2, -0.15) is 5.06 Å². The van der Waals surface area contributed by atoms with Gasteiger partial charge in [0.05, 0.1) is 0 Å². The standard InChI is InChI=1S/C16H21ClN2O4/c1-9-7-11(17)8-10(2)12(9)13-14(20)16(19(23)15(13)21)3-5-18(22)6-4-16/h7-8,15,20-23H,3-6H2,1-2H3. The van der Waals surface area contributed by atoms with Crippen molar-refractivity contribution in [1.29, 1.82) is 0 Å². The summed E-state index contributed by atoms with van der Waals surface area (Å²) in [4.78, 5) is 0. The van der Waals surface area contributed by atoms with Crippen molar-refractivity contribution >= 4 is 17.2 Å². The molecule has 1 aromatic rings. The first-order valence-electron chi connectivity index (χ1n) is 7.59. The number of benzene rings is 1. The molecule has 2 aliphatic rings. The molecular weight excluding hydrogens is 320 g/mol. The molecule has 126 valence electrons. The van der Waals surface area contributed by atoms with Gasteiger partial charge in [0, 0.05) is 23.7 Å². The van der Waals surface area contributed by atoms with E-state index in [4.69, 9.17) is 11.6 Å². The Hall–Kier alpha value is -1.15. The monoisotopic (exact) mass is 340 g/mol. The second-order valence-electron chi connectivity index (χ2n) is 6.38. The lowest BCUT2D eigenvalue weighted by Crippen LogP contribution is -2.54. The van der Waals surface area contributed by atoms with Gasteiger partial charge in [-0.25, -0.2) is 0 Å². The first kappa shape index (κ1) is 16.7. The summed E-state index contributed by atoms with van der Waals surface area (Å²) in [6.07, 6.45) is -0.685. The fourth-order valence-corrected chi connectivity index (χ4v) is 4.08. The molecule has 2 heterocycles. The van der Waals surface area contributed by atoms with Gasteiger partial charge >= 0.3 is 0 Å². The molecule has 0 aromatic heterocycles. The molecule has 1 unspecified atom stereocenters. The molecule has 1 spiro atoms. The molecule has 3 rings (SSSR count). The molecule has 1 aromatic carbocycles. The third-order valence-corrected chi connectivity index (χ3v) is 5.18. The van der Waals surface area contributed by atoms with Crippen molar-refractivity contribution in [2.45, 2.75) is 38.5 Å². The van der Waals surface area contributed by atoms with Crippen LogP contribution in [0.5, 0.6) is 0 Å². The lowest BCUT2D eigenvalue weighted by Gasteiger charge is -2.40. The predicted molar refractivity (Wildman–Crippen MR) is 85.4 cm³/mol. The number of hydroxylamine groups is 4. The van der Waals surface area contributed by atoms with Crippen LogP contribution in [-0.4, -0.2) is 55.6 Å². The van der Waals surface area contributed by atoms with Crippen molar-refractivity contribution < 1.29 is 20.6 Å². The van der Waals surface area contributed by atoms with E-state index in [0.717, 1.165) is 21.3 Å². The van der Waals surface area contributed by atoms with Crippen molar-refractivity contribution in [3.8, 4) is 0 Å². The first-order chi connectivity index (χ1) is 10.8. The van der Waals surface area contributed by atoms with Crippen LogP contribution < -0.4 is 0 Å². The van der Waals surface area contributed by atoms with E-state index in [0.29, 0.717) is 42.1 Å². The van der Waals surface area contributed by atoms with E-state index in [2.05, 4.69) is 0 Å². The normalized spacial score (nSPS) is 25.6. The van der Waals surface area contributed by atoms with Crippen molar-refractivity contribution in [2.24, 2.45) is 0 Å². The largest absolute Gasteiger partial charge is 0.510 e. The molecule has 2 aliphatic heterocycles. The van der Waals surface area contributed by atoms with Crippen LogP contribution in [0.15, 0.2) is 17.9 Å². The smallest absolute Gasteiger partial charge is 0.160 e. The van der Waals surface area contributed by atoms with Crippen molar-refractivity contribution in [2.75, 3.05) is 13.1 Å². The summed E-state index contributed by atoms with van der Waals surface area (Å²) in [5, 5.41) is 43.9. The fraction of sp³-hybridized carbons (Fsp3) is 0.500. The molecule has 0 saturated carbocycles. The van der Waals surface area contributed by atoms with Gasteiger partial charge in [0.2, 0.25) is 0 Å². The molecule has 0 amide bonds. The molecule has 1 fully saturated rings. The number of aliphatic hydroxyl groups excluding tert-OH is 2. The summed E-state index contributed by atoms with van der Waals surface area (Å²) < 4.78 is 0. The number of hydrogen-bond acceptors (Lipinski definition) is 6. The van der Waals surface area contributed by atoms with E-state index >= 15 is 0 Å². The van der Waals surface area contributed by atoms with E-state index in [1.54, 1.807) is 12.1 Å². The Morgan fingerprint density at radius 2 is 1.65 bits per heavy atom. The topological polar surface area (TPSA) is 87.4 Å². The Kier molecular flexibility index (Phi) is 4.16. The molecule has 0 aliphatic carbocycles. The van der Waals surface area contributed by atoms with Crippen LogP contribution in [0.4, 0.5) is 0 Å². The number of piperidine rings is 1. The van der Waals surface area contributed by atoms with Gasteiger partial charge in [0.15, 0.2) is 6.23 Å². The number of nitrogens with zero attached hydrogens (tertiary/aromatic N) is 2. The van der Waals surface area contributed by atoms with Gasteiger partial charge in [-0.3, -0.25) is 0 Å². The minimum atomic E-state index is -1.32. The van der Waals surface area contributed by atoms with E-state index in [9.17, 15) is 20.6 Å². The highest BCUT2D eigenvalue weighted by Crippen LogP contribution is 2.47. The summed E-state index contributed by atoms with van der Waals surface area (Å²) in [7, 11) is 0. The highest BCUT2D eigenvalue weighted by molar-refractivity contribution is 6.30. The zero-order valence-electron chi connectivity index (χ0n) is 13.1. The van der Waals surface area contributed by atoms with Gasteiger partial charge in [0.1, 0.15) is 11.3 Å². The number of aryl methyl sites for hydroxylation is 2. The Balaban J connectivity index is 2.13. The predicted octanol–water partition coefficient (Wildman–Crippen LogP) is 2.47. The van der Waals surface area contributed by atoms with Gasteiger partial charge in [-0.05, 0) is 55.5 Å². The van der Waals surface area contributed by atoms with E-state index in [-0.39, 0.29) is 5.76 Å². The Bertz CT molecular complexity index is 645. The minimum absolute atomic E-state index is 0.0332. The summed E-state index contributed by atoms with van der Waals surface area (Å²) in [5.41, 5.74) is 1.58. The Labute approximate surface area is 139 Å². The highest BCUT2D eigenvalue weighted by Gasteiger charge is 2.54. The van der Waals surface area contributed by atoms with Crippen LogP contribution in [0.1, 0.15) is 29.5 Å². The van der Waals surface area contributed by atoms with Crippen molar-refractivity contribution in [1.82, 2.24) is 10.1 Å². The number of halogens is 1. The number of rotatable bonds is 1. The molecule has 0 bridgehead atoms. The number of hydrogen-bond donors (Lipinski definition) is 4. The van der Waals surface area contributed by atoms with E-state index in [1.165, 1.54) is 0 Å². The van der Waals surface area contributed by atoms with Crippen molar-refractivity contribution in [3.05, 3.63) is 39.6 Å². The Morgan fingerprint density at radius 3 is 2.17 bits per heavy atom. The lowest BCUT2D eigenvalue weighted by atomic mass is 9.85. The summed E-state index contributed by atoms with van der Waals surface area (Å²) in [6, 6.07) is 3.53. The maximum Gasteiger partial charge on any atom is 0.160 e. The van der Waals surface area contributed by atoms with E-state index < -0.39 is 11.8 Å². The maximum atomic E-state index is 10.8. The average molecular weight is 341 g/mol. The van der Waals surface area contributed by atoms with Crippen LogP contribution in [0.3, 0.4) is 0 Å². The zero-order chi connectivity index (χ0) is 16.9. The number of aliphatic hydroxyl groups is 2. The zero-order valence-corrected chi connectivity index (χ0v) is 13.9. The van der Waals surface area contributed by atoms with Gasteiger partial charge < -0.3 is 20.6 Å². The molecule has 23 heavy (non-hydrogen) atoms. The summed E-state index contributed by atoms with van der Waals surface area (Å²) in [5.74, 6) is -0.0332. The molecule has 4 N–H and O–H groups in total. The average Bonchev–Trinajstić information content (AvgIpc) is 2.65. The van der Waals surface area contributed by atoms with E-state index in [1.807, 2.05) is 13.8 Å². The van der Waals surface area contributed by atoms with Crippen LogP contribution in [0, 0.1) is 13.8 Å². The third-order valence-electron chi connectivity index (χ3n) is 4.96. The van der Waals surface area contributed by atoms with Gasteiger partial charge in [0.25, 0.3) is 0 Å². The molecule has 1 atom stereocenters. The molecule has 1 saturated heterocycles. The molecule has 7 heteroatoms. The molecule has 6 nitrogen and oxygen atoms in total. The summed E-state index contributed by atoms with van der Waals surface area (Å²) in [6.45, 7) is 4.31. The van der Waals surface area contributed by atoms with Crippen LogP contribution >= 0.6 is 11.6 Å². The quantitative estimate of drug-likeness (QED) is 0.628. The molecular formula is C16H21ClN2O4. The fourth-order valence-electron chi connectivity index (χ4n) is 3.75. The Morgan fingerprint density at radius 1 is 1.13 bits per heavy atom. The maximum absolute atomic E-state index is 10.8. The van der Waals surface area contributed by atoms with Gasteiger partial charge in [-0.15, -0.1) is 5.06 Å². The van der Waals surface area contributed by atoms with Crippen LogP contribution in [0.25, 0.3) is 5.57 Å². The lowest BCUT2D eigenvalue weighted by molar-refractivity contribution is -0.244. The van der Waals surface area contributed by atoms with Gasteiger partial charge in [-0.1, -0.05) is 11.6 Å². The third kappa shape index (κ3) is 2.46. The summed E-state index contributed by atoms with van der Waals surface area (Å²) >= 11 is 6.05. The highest BCUT2D eigenvalue weighted by atomic mass is 35.5. The van der Waals surface area contributed by atoms with Crippen LogP contribution in [-0.2, 0) is 0 Å². The second-order valence-corrected chi connectivity index (χ2v) is 6.82. The minimum Gasteiger partial charge on any atom is -0.510 e. The first-order valence-corrected chi connectivity index (χ1v) is 7.96. The van der Waals surface area contributed by atoms with Crippen molar-refractivity contribution in [3.63, 3.8) is 0 Å².